The number of rotatable bonds is 2. The quantitative estimate of drug-likeness (QED) is 0.374. The fourth-order valence-electron chi connectivity index (χ4n) is 4.76. The number of carbonyl (C=O) groups is 1. The molecular weight excluding hydrogens is 396 g/mol. The van der Waals surface area contributed by atoms with Crippen LogP contribution in [0.25, 0.3) is 0 Å². The third-order valence-corrected chi connectivity index (χ3v) is 7.60. The third kappa shape index (κ3) is 4.66. The predicted octanol–water partition coefficient (Wildman–Crippen LogP) is -0.481. The number of fused-ring (bicyclic) bond motifs is 3. The molecule has 0 aliphatic carbocycles. The van der Waals surface area contributed by atoms with Gasteiger partial charge in [0.2, 0.25) is 5.91 Å². The molecule has 3 fully saturated rings. The van der Waals surface area contributed by atoms with Crippen molar-refractivity contribution in [1.82, 2.24) is 10.6 Å². The second-order valence-electron chi connectivity index (χ2n) is 8.40. The molecule has 9 heteroatoms. The Balaban J connectivity index is 1.49. The van der Waals surface area contributed by atoms with E-state index in [2.05, 4.69) is 10.6 Å². The van der Waals surface area contributed by atoms with Crippen LogP contribution in [0.2, 0.25) is 0 Å². The molecule has 4 heterocycles. The SMILES string of the molecule is O=C(N[C@@H]1C/C=C\CCSC2OC1C(O)C(O)C2O)C1NC[C@@H]2CCCCOC12. The lowest BCUT2D eigenvalue weighted by atomic mass is 9.92. The maximum atomic E-state index is 13.1. The summed E-state index contributed by atoms with van der Waals surface area (Å²) in [6, 6.07) is -0.942. The number of hydrogen-bond donors (Lipinski definition) is 5. The average molecular weight is 429 g/mol. The first-order valence-electron chi connectivity index (χ1n) is 10.7. The fraction of sp³-hybridized carbons (Fsp3) is 0.850. The van der Waals surface area contributed by atoms with Gasteiger partial charge >= 0.3 is 0 Å². The second-order valence-corrected chi connectivity index (χ2v) is 9.61. The molecule has 0 spiro atoms. The largest absolute Gasteiger partial charge is 0.388 e. The molecule has 4 aliphatic rings. The summed E-state index contributed by atoms with van der Waals surface area (Å²) in [5.74, 6) is 0.916. The van der Waals surface area contributed by atoms with Crippen molar-refractivity contribution in [2.24, 2.45) is 5.92 Å². The zero-order chi connectivity index (χ0) is 20.4. The molecular formula is C20H32N2O6S. The molecule has 0 aromatic heterocycles. The van der Waals surface area contributed by atoms with Gasteiger partial charge in [-0.3, -0.25) is 4.79 Å². The summed E-state index contributed by atoms with van der Waals surface area (Å²) in [4.78, 5) is 13.1. The number of ether oxygens (including phenoxy) is 2. The van der Waals surface area contributed by atoms with E-state index in [1.807, 2.05) is 12.2 Å². The third-order valence-electron chi connectivity index (χ3n) is 6.41. The Morgan fingerprint density at radius 2 is 1.97 bits per heavy atom. The minimum absolute atomic E-state index is 0.138. The summed E-state index contributed by atoms with van der Waals surface area (Å²) < 4.78 is 11.9. The number of thioether (sulfide) groups is 1. The van der Waals surface area contributed by atoms with Crippen LogP contribution in [0.15, 0.2) is 12.2 Å². The Morgan fingerprint density at radius 1 is 1.10 bits per heavy atom. The van der Waals surface area contributed by atoms with Gasteiger partial charge in [-0.05, 0) is 37.4 Å². The highest BCUT2D eigenvalue weighted by Crippen LogP contribution is 2.32. The van der Waals surface area contributed by atoms with E-state index in [4.69, 9.17) is 9.47 Å². The normalized spacial score (nSPS) is 46.9. The van der Waals surface area contributed by atoms with E-state index in [-0.39, 0.29) is 12.0 Å². The number of hydrogen-bond acceptors (Lipinski definition) is 8. The Kier molecular flexibility index (Phi) is 7.16. The Bertz CT molecular complexity index is 608. The minimum Gasteiger partial charge on any atom is -0.388 e. The first kappa shape index (κ1) is 21.5. The van der Waals surface area contributed by atoms with E-state index in [9.17, 15) is 20.1 Å². The number of nitrogens with one attached hydrogen (secondary N) is 2. The van der Waals surface area contributed by atoms with Crippen LogP contribution < -0.4 is 10.6 Å². The zero-order valence-electron chi connectivity index (χ0n) is 16.5. The molecule has 8 nitrogen and oxygen atoms in total. The monoisotopic (exact) mass is 428 g/mol. The molecule has 4 rings (SSSR count). The number of carbonyl (C=O) groups excluding carboxylic acids is 1. The summed E-state index contributed by atoms with van der Waals surface area (Å²) >= 11 is 1.41. The summed E-state index contributed by atoms with van der Waals surface area (Å²) in [5, 5.41) is 37.5. The average Bonchev–Trinajstić information content (AvgIpc) is 2.98. The number of aliphatic hydroxyl groups is 3. The molecule has 0 saturated carbocycles. The van der Waals surface area contributed by atoms with Crippen molar-refractivity contribution in [1.29, 1.82) is 0 Å². The molecule has 0 aromatic rings. The predicted molar refractivity (Wildman–Crippen MR) is 108 cm³/mol. The molecule has 9 atom stereocenters. The van der Waals surface area contributed by atoms with Crippen LogP contribution in [-0.2, 0) is 14.3 Å². The van der Waals surface area contributed by atoms with E-state index in [1.165, 1.54) is 11.8 Å². The molecule has 4 aliphatic heterocycles. The zero-order valence-corrected chi connectivity index (χ0v) is 17.3. The molecule has 29 heavy (non-hydrogen) atoms. The highest BCUT2D eigenvalue weighted by molar-refractivity contribution is 7.99. The summed E-state index contributed by atoms with van der Waals surface area (Å²) in [5.41, 5.74) is -0.636. The van der Waals surface area contributed by atoms with Gasteiger partial charge in [0.15, 0.2) is 0 Å². The first-order chi connectivity index (χ1) is 14.1. The van der Waals surface area contributed by atoms with Crippen LogP contribution in [0, 0.1) is 5.92 Å². The van der Waals surface area contributed by atoms with Crippen LogP contribution in [0.1, 0.15) is 32.1 Å². The standard InChI is InChI=1S/C20H32N2O6S/c23-14-15(24)18-12(7-2-1-5-9-29-20(28-18)16(14)25)22-19(26)13-17-11(10-21-13)6-3-4-8-27-17/h1-2,11-18,20-21,23-25H,3-10H2,(H,22,26)/b2-1-/t11-,12+,13?,14?,15?,16?,17?,18?,20?/m0/s1. The van der Waals surface area contributed by atoms with Crippen molar-refractivity contribution in [3.8, 4) is 0 Å². The molecule has 2 bridgehead atoms. The van der Waals surface area contributed by atoms with Crippen LogP contribution in [-0.4, -0.2) is 88.2 Å². The maximum Gasteiger partial charge on any atom is 0.240 e. The van der Waals surface area contributed by atoms with Crippen LogP contribution >= 0.6 is 11.8 Å². The molecule has 164 valence electrons. The summed E-state index contributed by atoms with van der Waals surface area (Å²) in [6.45, 7) is 1.44. The van der Waals surface area contributed by atoms with Crippen molar-refractivity contribution < 1.29 is 29.6 Å². The topological polar surface area (TPSA) is 120 Å². The van der Waals surface area contributed by atoms with Crippen LogP contribution in [0.4, 0.5) is 0 Å². The molecule has 5 N–H and O–H groups in total. The van der Waals surface area contributed by atoms with Gasteiger partial charge in [0.25, 0.3) is 0 Å². The van der Waals surface area contributed by atoms with Crippen molar-refractivity contribution in [2.45, 2.75) is 80.1 Å². The minimum atomic E-state index is -1.31. The number of amides is 1. The molecule has 0 aromatic carbocycles. The van der Waals surface area contributed by atoms with E-state index in [0.29, 0.717) is 18.9 Å². The van der Waals surface area contributed by atoms with Crippen LogP contribution in [0.3, 0.4) is 0 Å². The first-order valence-corrected chi connectivity index (χ1v) is 11.7. The van der Waals surface area contributed by atoms with Crippen molar-refractivity contribution >= 4 is 17.7 Å². The van der Waals surface area contributed by atoms with E-state index < -0.39 is 41.9 Å². The Labute approximate surface area is 175 Å². The van der Waals surface area contributed by atoms with Crippen molar-refractivity contribution in [2.75, 3.05) is 18.9 Å². The van der Waals surface area contributed by atoms with E-state index in [0.717, 1.165) is 38.0 Å². The van der Waals surface area contributed by atoms with Crippen molar-refractivity contribution in [3.63, 3.8) is 0 Å². The second kappa shape index (κ2) is 9.64. The lowest BCUT2D eigenvalue weighted by Gasteiger charge is -2.43. The lowest BCUT2D eigenvalue weighted by Crippen LogP contribution is -2.63. The van der Waals surface area contributed by atoms with Gasteiger partial charge in [-0.2, -0.15) is 0 Å². The van der Waals surface area contributed by atoms with Gasteiger partial charge in [-0.15, -0.1) is 11.8 Å². The van der Waals surface area contributed by atoms with E-state index in [1.54, 1.807) is 0 Å². The van der Waals surface area contributed by atoms with Crippen molar-refractivity contribution in [3.05, 3.63) is 12.2 Å². The smallest absolute Gasteiger partial charge is 0.240 e. The van der Waals surface area contributed by atoms with Gasteiger partial charge < -0.3 is 35.4 Å². The molecule has 1 amide bonds. The Hall–Kier alpha value is -0.680. The van der Waals surface area contributed by atoms with Gasteiger partial charge in [0.05, 0.1) is 12.1 Å². The fourth-order valence-corrected chi connectivity index (χ4v) is 5.83. The number of aliphatic hydroxyl groups excluding tert-OH is 3. The molecule has 0 radical (unpaired) electrons. The molecule has 7 unspecified atom stereocenters. The number of allylic oxidation sites excluding steroid dienone is 1. The lowest BCUT2D eigenvalue weighted by molar-refractivity contribution is -0.205. The van der Waals surface area contributed by atoms with Gasteiger partial charge in [-0.1, -0.05) is 18.6 Å². The highest BCUT2D eigenvalue weighted by Gasteiger charge is 2.48. The summed E-state index contributed by atoms with van der Waals surface area (Å²) in [6.07, 6.45) is 3.81. The highest BCUT2D eigenvalue weighted by atomic mass is 32.2. The van der Waals surface area contributed by atoms with Gasteiger partial charge in [-0.25, -0.2) is 0 Å². The van der Waals surface area contributed by atoms with Gasteiger partial charge in [0, 0.05) is 13.2 Å². The Morgan fingerprint density at radius 3 is 2.83 bits per heavy atom. The van der Waals surface area contributed by atoms with E-state index >= 15 is 0 Å². The van der Waals surface area contributed by atoms with Crippen LogP contribution in [0.5, 0.6) is 0 Å². The maximum absolute atomic E-state index is 13.1. The molecule has 3 saturated heterocycles. The summed E-state index contributed by atoms with van der Waals surface area (Å²) in [7, 11) is 0. The van der Waals surface area contributed by atoms with Gasteiger partial charge in [0.1, 0.15) is 35.9 Å².